The van der Waals surface area contributed by atoms with Crippen LogP contribution in [0, 0.1) is 0 Å². The molecule has 3 N–H and O–H groups in total. The van der Waals surface area contributed by atoms with Crippen LogP contribution in [0.3, 0.4) is 0 Å². The molecule has 3 rings (SSSR count). The zero-order chi connectivity index (χ0) is 21.5. The van der Waals surface area contributed by atoms with E-state index in [1.54, 1.807) is 19.1 Å². The fraction of sp³-hybridized carbons (Fsp3) is 0.550. The summed E-state index contributed by atoms with van der Waals surface area (Å²) in [6.07, 6.45) is 3.77. The second kappa shape index (κ2) is 10.3. The van der Waals surface area contributed by atoms with Gasteiger partial charge in [-0.05, 0) is 60.7 Å². The van der Waals surface area contributed by atoms with E-state index in [-0.39, 0.29) is 31.3 Å². The van der Waals surface area contributed by atoms with Crippen LogP contribution in [0.25, 0.3) is 0 Å². The molecule has 0 amide bonds. The van der Waals surface area contributed by atoms with Gasteiger partial charge in [-0.15, -0.1) is 5.10 Å². The molecule has 10 heteroatoms. The molecule has 1 saturated carbocycles. The molecule has 0 saturated heterocycles. The van der Waals surface area contributed by atoms with Crippen molar-refractivity contribution in [3.05, 3.63) is 41.2 Å². The van der Waals surface area contributed by atoms with Crippen molar-refractivity contribution < 1.29 is 19.1 Å². The number of benzene rings is 1. The van der Waals surface area contributed by atoms with E-state index in [0.29, 0.717) is 11.4 Å². The molecule has 0 aliphatic heterocycles. The minimum absolute atomic E-state index is 0.0792. The second-order valence-corrected chi connectivity index (χ2v) is 7.32. The summed E-state index contributed by atoms with van der Waals surface area (Å²) in [6.45, 7) is 1.96. The Morgan fingerprint density at radius 3 is 2.57 bits per heavy atom. The first-order valence-electron chi connectivity index (χ1n) is 10.1. The van der Waals surface area contributed by atoms with Gasteiger partial charge in [0.1, 0.15) is 6.54 Å². The minimum atomic E-state index is -0.408. The molecular formula is C20H28N6O4. The molecular weight excluding hydrogens is 388 g/mol. The van der Waals surface area contributed by atoms with E-state index < -0.39 is 11.9 Å². The Labute approximate surface area is 175 Å². The molecule has 1 heterocycles. The van der Waals surface area contributed by atoms with Gasteiger partial charge in [-0.3, -0.25) is 4.79 Å². The zero-order valence-electron chi connectivity index (χ0n) is 17.3. The van der Waals surface area contributed by atoms with Crippen molar-refractivity contribution in [2.75, 3.05) is 13.7 Å². The first kappa shape index (κ1) is 21.8. The minimum Gasteiger partial charge on any atom is -0.465 e. The Bertz CT molecular complexity index is 845. The SMILES string of the molecule is CCOC(=O)Cn1nnnc1C(NC1CCC(N)CC1)c1ccc(C(=O)OC)cc1. The Morgan fingerprint density at radius 2 is 1.93 bits per heavy atom. The Hall–Kier alpha value is -2.85. The number of esters is 2. The van der Waals surface area contributed by atoms with Gasteiger partial charge in [0.05, 0.1) is 25.3 Å². The van der Waals surface area contributed by atoms with Gasteiger partial charge in [-0.2, -0.15) is 0 Å². The lowest BCUT2D eigenvalue weighted by atomic mass is 9.90. The highest BCUT2D eigenvalue weighted by molar-refractivity contribution is 5.89. The van der Waals surface area contributed by atoms with Crippen molar-refractivity contribution in [3.63, 3.8) is 0 Å². The van der Waals surface area contributed by atoms with Gasteiger partial charge in [0, 0.05) is 12.1 Å². The van der Waals surface area contributed by atoms with Crippen LogP contribution in [-0.2, 0) is 20.8 Å². The molecule has 30 heavy (non-hydrogen) atoms. The molecule has 1 atom stereocenters. The maximum Gasteiger partial charge on any atom is 0.337 e. The number of rotatable bonds is 8. The summed E-state index contributed by atoms with van der Waals surface area (Å²) in [5, 5.41) is 15.5. The third kappa shape index (κ3) is 5.39. The molecule has 0 radical (unpaired) electrons. The van der Waals surface area contributed by atoms with Gasteiger partial charge < -0.3 is 20.5 Å². The highest BCUT2D eigenvalue weighted by Crippen LogP contribution is 2.25. The van der Waals surface area contributed by atoms with Gasteiger partial charge in [-0.25, -0.2) is 9.48 Å². The summed E-state index contributed by atoms with van der Waals surface area (Å²) in [7, 11) is 1.35. The smallest absolute Gasteiger partial charge is 0.337 e. The number of nitrogens with zero attached hydrogens (tertiary/aromatic N) is 4. The van der Waals surface area contributed by atoms with Crippen molar-refractivity contribution >= 4 is 11.9 Å². The number of tetrazole rings is 1. The zero-order valence-corrected chi connectivity index (χ0v) is 17.3. The van der Waals surface area contributed by atoms with E-state index >= 15 is 0 Å². The molecule has 0 bridgehead atoms. The van der Waals surface area contributed by atoms with Crippen LogP contribution in [0.15, 0.2) is 24.3 Å². The number of nitrogens with two attached hydrogens (primary N) is 1. The number of aromatic nitrogens is 4. The number of carbonyl (C=O) groups is 2. The van der Waals surface area contributed by atoms with E-state index in [1.807, 2.05) is 12.1 Å². The van der Waals surface area contributed by atoms with Crippen LogP contribution in [0.4, 0.5) is 0 Å². The molecule has 2 aromatic rings. The number of carbonyl (C=O) groups excluding carboxylic acids is 2. The lowest BCUT2D eigenvalue weighted by molar-refractivity contribution is -0.144. The van der Waals surface area contributed by atoms with Crippen LogP contribution in [0.2, 0.25) is 0 Å². The molecule has 162 valence electrons. The van der Waals surface area contributed by atoms with Gasteiger partial charge >= 0.3 is 11.9 Å². The lowest BCUT2D eigenvalue weighted by Gasteiger charge is -2.30. The van der Waals surface area contributed by atoms with Crippen LogP contribution < -0.4 is 11.1 Å². The van der Waals surface area contributed by atoms with Crippen molar-refractivity contribution in [2.24, 2.45) is 5.73 Å². The molecule has 1 aromatic carbocycles. The topological polar surface area (TPSA) is 134 Å². The molecule has 0 spiro atoms. The summed E-state index contributed by atoms with van der Waals surface area (Å²) >= 11 is 0. The molecule has 10 nitrogen and oxygen atoms in total. The fourth-order valence-corrected chi connectivity index (χ4v) is 3.63. The number of hydrogen-bond donors (Lipinski definition) is 2. The average Bonchev–Trinajstić information content (AvgIpc) is 3.20. The highest BCUT2D eigenvalue weighted by Gasteiger charge is 2.27. The van der Waals surface area contributed by atoms with Crippen molar-refractivity contribution in [2.45, 2.75) is 57.3 Å². The molecule has 1 fully saturated rings. The Morgan fingerprint density at radius 1 is 1.23 bits per heavy atom. The van der Waals surface area contributed by atoms with Crippen LogP contribution in [0.1, 0.15) is 60.4 Å². The molecule has 1 unspecified atom stereocenters. The van der Waals surface area contributed by atoms with E-state index in [2.05, 4.69) is 20.8 Å². The van der Waals surface area contributed by atoms with Gasteiger partial charge in [0.25, 0.3) is 0 Å². The van der Waals surface area contributed by atoms with E-state index in [1.165, 1.54) is 11.8 Å². The predicted molar refractivity (Wildman–Crippen MR) is 107 cm³/mol. The highest BCUT2D eigenvalue weighted by atomic mass is 16.5. The number of hydrogen-bond acceptors (Lipinski definition) is 9. The van der Waals surface area contributed by atoms with Gasteiger partial charge in [-0.1, -0.05) is 12.1 Å². The predicted octanol–water partition coefficient (Wildman–Crippen LogP) is 0.972. The Kier molecular flexibility index (Phi) is 7.47. The summed E-state index contributed by atoms with van der Waals surface area (Å²) in [5.74, 6) is -0.308. The van der Waals surface area contributed by atoms with Gasteiger partial charge in [0.15, 0.2) is 5.82 Å². The van der Waals surface area contributed by atoms with E-state index in [4.69, 9.17) is 15.2 Å². The summed E-state index contributed by atoms with van der Waals surface area (Å²) in [4.78, 5) is 23.7. The van der Waals surface area contributed by atoms with Crippen molar-refractivity contribution in [3.8, 4) is 0 Å². The quantitative estimate of drug-likeness (QED) is 0.604. The average molecular weight is 416 g/mol. The first-order valence-corrected chi connectivity index (χ1v) is 10.1. The monoisotopic (exact) mass is 416 g/mol. The lowest BCUT2D eigenvalue weighted by Crippen LogP contribution is -2.40. The number of nitrogens with one attached hydrogen (secondary N) is 1. The normalized spacial score (nSPS) is 19.8. The molecule has 1 aliphatic carbocycles. The summed E-state index contributed by atoms with van der Waals surface area (Å²) < 4.78 is 11.2. The van der Waals surface area contributed by atoms with Crippen LogP contribution >= 0.6 is 0 Å². The third-order valence-electron chi connectivity index (χ3n) is 5.24. The third-order valence-corrected chi connectivity index (χ3v) is 5.24. The van der Waals surface area contributed by atoms with Gasteiger partial charge in [0.2, 0.25) is 0 Å². The van der Waals surface area contributed by atoms with E-state index in [9.17, 15) is 9.59 Å². The Balaban J connectivity index is 1.87. The summed E-state index contributed by atoms with van der Waals surface area (Å²) in [5.41, 5.74) is 7.37. The number of ether oxygens (including phenoxy) is 2. The van der Waals surface area contributed by atoms with Crippen LogP contribution in [-0.4, -0.2) is 57.9 Å². The maximum atomic E-state index is 12.0. The summed E-state index contributed by atoms with van der Waals surface area (Å²) in [6, 6.07) is 7.18. The largest absolute Gasteiger partial charge is 0.465 e. The maximum absolute atomic E-state index is 12.0. The van der Waals surface area contributed by atoms with Crippen molar-refractivity contribution in [1.82, 2.24) is 25.5 Å². The fourth-order valence-electron chi connectivity index (χ4n) is 3.63. The molecule has 1 aliphatic rings. The molecule has 1 aromatic heterocycles. The first-order chi connectivity index (χ1) is 14.5. The number of methoxy groups -OCH3 is 1. The standard InChI is InChI=1S/C20H28N6O4/c1-3-30-17(27)12-26-19(23-24-25-26)18(22-16-10-8-15(21)9-11-16)13-4-6-14(7-5-13)20(28)29-2/h4-7,15-16,18,22H,3,8-12,21H2,1-2H3. The van der Waals surface area contributed by atoms with E-state index in [0.717, 1.165) is 31.2 Å². The van der Waals surface area contributed by atoms with Crippen LogP contribution in [0.5, 0.6) is 0 Å². The van der Waals surface area contributed by atoms with Crippen molar-refractivity contribution in [1.29, 1.82) is 0 Å². The second-order valence-electron chi connectivity index (χ2n) is 7.32.